The van der Waals surface area contributed by atoms with Gasteiger partial charge in [0.2, 0.25) is 0 Å². The van der Waals surface area contributed by atoms with Crippen molar-refractivity contribution in [2.75, 3.05) is 0 Å². The topological polar surface area (TPSA) is 60.2 Å². The maximum atomic E-state index is 8.71. The highest BCUT2D eigenvalue weighted by Gasteiger charge is 1.94. The summed E-state index contributed by atoms with van der Waals surface area (Å²) in [5.41, 5.74) is 5.43. The van der Waals surface area contributed by atoms with Gasteiger partial charge in [-0.2, -0.15) is 10.4 Å². The Balaban J connectivity index is 1.78. The molecule has 0 fully saturated rings. The predicted octanol–water partition coefficient (Wildman–Crippen LogP) is 2.56. The van der Waals surface area contributed by atoms with E-state index in [4.69, 9.17) is 17.5 Å². The molecule has 0 radical (unpaired) electrons. The zero-order chi connectivity index (χ0) is 14.9. The Bertz CT molecular complexity index is 657. The first-order valence-electron chi connectivity index (χ1n) is 6.39. The van der Waals surface area contributed by atoms with Crippen LogP contribution in [0.25, 0.3) is 0 Å². The van der Waals surface area contributed by atoms with Crippen LogP contribution in [0.1, 0.15) is 16.7 Å². The fraction of sp³-hybridized carbons (Fsp3) is 0.0625. The van der Waals surface area contributed by atoms with Crippen LogP contribution in [0.2, 0.25) is 0 Å². The van der Waals surface area contributed by atoms with E-state index in [0.717, 1.165) is 11.1 Å². The minimum atomic E-state index is 0.462. The summed E-state index contributed by atoms with van der Waals surface area (Å²) < 4.78 is 0. The summed E-state index contributed by atoms with van der Waals surface area (Å²) in [4.78, 5) is 0. The molecule has 0 bridgehead atoms. The van der Waals surface area contributed by atoms with Gasteiger partial charge in [0.25, 0.3) is 0 Å². The van der Waals surface area contributed by atoms with E-state index in [9.17, 15) is 0 Å². The van der Waals surface area contributed by atoms with Crippen molar-refractivity contribution in [2.24, 2.45) is 5.10 Å². The minimum absolute atomic E-state index is 0.462. The first-order valence-corrected chi connectivity index (χ1v) is 6.80. The van der Waals surface area contributed by atoms with Gasteiger partial charge in [0, 0.05) is 6.54 Å². The van der Waals surface area contributed by atoms with Gasteiger partial charge in [-0.25, -0.2) is 0 Å². The molecule has 104 valence electrons. The smallest absolute Gasteiger partial charge is 0.187 e. The standard InChI is InChI=1S/C16H14N4S/c17-10-13-6-8-15(9-7-13)12-19-20-16(21)18-11-14-4-2-1-3-5-14/h1-9,12H,11H2,(H2,18,20,21)/b19-12+. The van der Waals surface area contributed by atoms with Crippen LogP contribution in [0.5, 0.6) is 0 Å². The molecule has 0 aliphatic heterocycles. The van der Waals surface area contributed by atoms with Gasteiger partial charge < -0.3 is 5.32 Å². The number of hydrazone groups is 1. The Labute approximate surface area is 129 Å². The van der Waals surface area contributed by atoms with E-state index in [1.807, 2.05) is 42.5 Å². The van der Waals surface area contributed by atoms with Crippen molar-refractivity contribution in [2.45, 2.75) is 6.54 Å². The van der Waals surface area contributed by atoms with Crippen molar-refractivity contribution in [3.05, 3.63) is 71.3 Å². The van der Waals surface area contributed by atoms with Gasteiger partial charge in [-0.05, 0) is 35.5 Å². The summed E-state index contributed by atoms with van der Waals surface area (Å²) in [6.45, 7) is 0.652. The lowest BCUT2D eigenvalue weighted by atomic mass is 10.2. The number of thiocarbonyl (C=S) groups is 1. The highest BCUT2D eigenvalue weighted by Crippen LogP contribution is 2.00. The molecule has 0 atom stereocenters. The van der Waals surface area contributed by atoms with Crippen LogP contribution >= 0.6 is 12.2 Å². The van der Waals surface area contributed by atoms with Gasteiger partial charge >= 0.3 is 0 Å². The van der Waals surface area contributed by atoms with E-state index >= 15 is 0 Å². The van der Waals surface area contributed by atoms with Crippen LogP contribution in [0, 0.1) is 11.3 Å². The van der Waals surface area contributed by atoms with E-state index in [-0.39, 0.29) is 0 Å². The predicted molar refractivity (Wildman–Crippen MR) is 87.8 cm³/mol. The molecule has 21 heavy (non-hydrogen) atoms. The Morgan fingerprint density at radius 2 is 1.86 bits per heavy atom. The summed E-state index contributed by atoms with van der Waals surface area (Å²) >= 11 is 5.13. The van der Waals surface area contributed by atoms with Gasteiger partial charge in [0.05, 0.1) is 17.8 Å². The Hall–Kier alpha value is -2.71. The molecule has 0 saturated heterocycles. The summed E-state index contributed by atoms with van der Waals surface area (Å²) in [6, 6.07) is 19.2. The van der Waals surface area contributed by atoms with Crippen molar-refractivity contribution in [3.8, 4) is 6.07 Å². The molecular weight excluding hydrogens is 280 g/mol. The van der Waals surface area contributed by atoms with E-state index in [2.05, 4.69) is 21.9 Å². The van der Waals surface area contributed by atoms with Crippen LogP contribution in [-0.2, 0) is 6.54 Å². The number of nitrogens with zero attached hydrogens (tertiary/aromatic N) is 2. The molecule has 0 saturated carbocycles. The maximum Gasteiger partial charge on any atom is 0.187 e. The van der Waals surface area contributed by atoms with Crippen LogP contribution in [-0.4, -0.2) is 11.3 Å². The molecule has 0 aromatic heterocycles. The molecule has 5 heteroatoms. The molecule has 2 aromatic carbocycles. The quantitative estimate of drug-likeness (QED) is 0.517. The second-order valence-corrected chi connectivity index (χ2v) is 4.68. The van der Waals surface area contributed by atoms with Crippen molar-refractivity contribution >= 4 is 23.5 Å². The number of nitriles is 1. The maximum absolute atomic E-state index is 8.71. The van der Waals surface area contributed by atoms with Gasteiger partial charge in [0.15, 0.2) is 5.11 Å². The summed E-state index contributed by atoms with van der Waals surface area (Å²) in [5.74, 6) is 0. The molecule has 0 amide bonds. The van der Waals surface area contributed by atoms with Gasteiger partial charge in [-0.1, -0.05) is 42.5 Å². The monoisotopic (exact) mass is 294 g/mol. The fourth-order valence-electron chi connectivity index (χ4n) is 1.63. The van der Waals surface area contributed by atoms with Crippen molar-refractivity contribution in [1.29, 1.82) is 5.26 Å². The number of hydrogen-bond acceptors (Lipinski definition) is 3. The number of rotatable bonds is 4. The van der Waals surface area contributed by atoms with Crippen molar-refractivity contribution in [1.82, 2.24) is 10.7 Å². The lowest BCUT2D eigenvalue weighted by Crippen LogP contribution is -2.31. The molecule has 2 aromatic rings. The summed E-state index contributed by atoms with van der Waals surface area (Å²) in [7, 11) is 0. The molecule has 0 aliphatic carbocycles. The molecule has 0 spiro atoms. The summed E-state index contributed by atoms with van der Waals surface area (Å²) in [5, 5.41) is 16.3. The zero-order valence-corrected chi connectivity index (χ0v) is 12.1. The SMILES string of the molecule is N#Cc1ccc(/C=N/NC(=S)NCc2ccccc2)cc1. The average molecular weight is 294 g/mol. The van der Waals surface area contributed by atoms with E-state index in [1.54, 1.807) is 18.3 Å². The third kappa shape index (κ3) is 5.05. The van der Waals surface area contributed by atoms with Crippen LogP contribution in [0.4, 0.5) is 0 Å². The normalized spacial score (nSPS) is 10.0. The molecule has 2 rings (SSSR count). The fourth-order valence-corrected chi connectivity index (χ4v) is 1.75. The van der Waals surface area contributed by atoms with Crippen LogP contribution in [0.3, 0.4) is 0 Å². The van der Waals surface area contributed by atoms with Crippen molar-refractivity contribution < 1.29 is 0 Å². The zero-order valence-electron chi connectivity index (χ0n) is 11.3. The Morgan fingerprint density at radius 1 is 1.14 bits per heavy atom. The molecule has 0 unspecified atom stereocenters. The third-order valence-corrected chi connectivity index (χ3v) is 2.95. The van der Waals surface area contributed by atoms with Crippen LogP contribution in [0.15, 0.2) is 59.7 Å². The van der Waals surface area contributed by atoms with Gasteiger partial charge in [-0.15, -0.1) is 0 Å². The molecular formula is C16H14N4S. The second kappa shape index (κ2) is 7.78. The number of benzene rings is 2. The molecule has 0 aliphatic rings. The second-order valence-electron chi connectivity index (χ2n) is 4.27. The molecule has 0 heterocycles. The summed E-state index contributed by atoms with van der Waals surface area (Å²) in [6.07, 6.45) is 1.65. The highest BCUT2D eigenvalue weighted by molar-refractivity contribution is 7.80. The number of hydrogen-bond donors (Lipinski definition) is 2. The lowest BCUT2D eigenvalue weighted by Gasteiger charge is -2.06. The Morgan fingerprint density at radius 3 is 2.52 bits per heavy atom. The Kier molecular flexibility index (Phi) is 5.44. The minimum Gasteiger partial charge on any atom is -0.357 e. The van der Waals surface area contributed by atoms with Gasteiger partial charge in [-0.3, -0.25) is 5.43 Å². The average Bonchev–Trinajstić information content (AvgIpc) is 2.54. The van der Waals surface area contributed by atoms with Gasteiger partial charge in [0.1, 0.15) is 0 Å². The lowest BCUT2D eigenvalue weighted by molar-refractivity contribution is 0.869. The van der Waals surface area contributed by atoms with Crippen LogP contribution < -0.4 is 10.7 Å². The third-order valence-electron chi connectivity index (χ3n) is 2.72. The molecule has 4 nitrogen and oxygen atoms in total. The largest absolute Gasteiger partial charge is 0.357 e. The molecule has 2 N–H and O–H groups in total. The van der Waals surface area contributed by atoms with E-state index in [1.165, 1.54) is 0 Å². The first-order chi connectivity index (χ1) is 10.3. The van der Waals surface area contributed by atoms with Crippen molar-refractivity contribution in [3.63, 3.8) is 0 Å². The highest BCUT2D eigenvalue weighted by atomic mass is 32.1. The van der Waals surface area contributed by atoms with E-state index < -0.39 is 0 Å². The number of nitrogens with one attached hydrogen (secondary N) is 2. The van der Waals surface area contributed by atoms with E-state index in [0.29, 0.717) is 17.2 Å². The first kappa shape index (κ1) is 14.7.